The number of terminal acetylenes is 1. The van der Waals surface area contributed by atoms with Crippen molar-refractivity contribution < 1.29 is 9.18 Å². The molecule has 0 saturated heterocycles. The number of unbranched alkanes of at least 4 members (excludes halogenated alkanes) is 2. The van der Waals surface area contributed by atoms with Crippen molar-refractivity contribution in [3.05, 3.63) is 34.6 Å². The molecule has 0 aliphatic carbocycles. The Hall–Kier alpha value is -1.53. The number of nitrogens with one attached hydrogen (secondary N) is 1. The smallest absolute Gasteiger partial charge is 0.251 e. The van der Waals surface area contributed by atoms with Crippen molar-refractivity contribution in [2.24, 2.45) is 0 Å². The molecule has 4 heteroatoms. The maximum Gasteiger partial charge on any atom is 0.251 e. The molecule has 0 unspecified atom stereocenters. The molecule has 0 heterocycles. The zero-order valence-corrected chi connectivity index (χ0v) is 10.1. The zero-order chi connectivity index (χ0) is 12.7. The van der Waals surface area contributed by atoms with Gasteiger partial charge in [-0.2, -0.15) is 0 Å². The lowest BCUT2D eigenvalue weighted by Crippen LogP contribution is -2.24. The van der Waals surface area contributed by atoms with E-state index in [9.17, 15) is 9.18 Å². The molecular formula is C13H13ClFNO. The first-order chi connectivity index (χ1) is 8.15. The highest BCUT2D eigenvalue weighted by Gasteiger charge is 2.07. The molecule has 0 aliphatic heterocycles. The second kappa shape index (κ2) is 6.93. The number of halogens is 2. The molecule has 1 aromatic rings. The van der Waals surface area contributed by atoms with Gasteiger partial charge >= 0.3 is 0 Å². The van der Waals surface area contributed by atoms with Crippen LogP contribution < -0.4 is 5.32 Å². The number of rotatable bonds is 5. The summed E-state index contributed by atoms with van der Waals surface area (Å²) in [6.45, 7) is 0.551. The summed E-state index contributed by atoms with van der Waals surface area (Å²) >= 11 is 5.58. The largest absolute Gasteiger partial charge is 0.352 e. The van der Waals surface area contributed by atoms with Crippen LogP contribution in [-0.4, -0.2) is 12.5 Å². The second-order valence-corrected chi connectivity index (χ2v) is 3.95. The van der Waals surface area contributed by atoms with Crippen LogP contribution in [0.3, 0.4) is 0 Å². The van der Waals surface area contributed by atoms with E-state index in [0.29, 0.717) is 18.5 Å². The highest BCUT2D eigenvalue weighted by atomic mass is 35.5. The molecule has 0 fully saturated rings. The minimum atomic E-state index is -0.530. The second-order valence-electron chi connectivity index (χ2n) is 3.55. The zero-order valence-electron chi connectivity index (χ0n) is 9.30. The van der Waals surface area contributed by atoms with Gasteiger partial charge in [0.25, 0.3) is 5.91 Å². The Bertz CT molecular complexity index is 440. The number of carbonyl (C=O) groups excluding carboxylic acids is 1. The summed E-state index contributed by atoms with van der Waals surface area (Å²) in [7, 11) is 0. The van der Waals surface area contributed by atoms with Crippen LogP contribution in [0.1, 0.15) is 29.6 Å². The van der Waals surface area contributed by atoms with E-state index in [1.807, 2.05) is 0 Å². The fourth-order valence-corrected chi connectivity index (χ4v) is 1.47. The maximum atomic E-state index is 12.9. The van der Waals surface area contributed by atoms with Crippen LogP contribution in [-0.2, 0) is 0 Å². The number of hydrogen-bond donors (Lipinski definition) is 1. The van der Waals surface area contributed by atoms with Crippen molar-refractivity contribution in [2.45, 2.75) is 19.3 Å². The van der Waals surface area contributed by atoms with Gasteiger partial charge in [-0.25, -0.2) is 4.39 Å². The van der Waals surface area contributed by atoms with Gasteiger partial charge in [0.1, 0.15) is 5.82 Å². The number of hydrogen-bond acceptors (Lipinski definition) is 1. The van der Waals surface area contributed by atoms with Gasteiger partial charge in [-0.05, 0) is 31.0 Å². The van der Waals surface area contributed by atoms with E-state index < -0.39 is 5.82 Å². The van der Waals surface area contributed by atoms with Gasteiger partial charge in [0.15, 0.2) is 0 Å². The van der Waals surface area contributed by atoms with Crippen molar-refractivity contribution in [1.82, 2.24) is 5.32 Å². The van der Waals surface area contributed by atoms with Crippen LogP contribution in [0.4, 0.5) is 4.39 Å². The SMILES string of the molecule is C#CCCCCNC(=O)c1ccc(F)c(Cl)c1. The lowest BCUT2D eigenvalue weighted by molar-refractivity contribution is 0.0953. The molecule has 0 spiro atoms. The molecule has 1 aromatic carbocycles. The summed E-state index contributed by atoms with van der Waals surface area (Å²) in [4.78, 5) is 11.6. The van der Waals surface area contributed by atoms with Gasteiger partial charge in [-0.15, -0.1) is 12.3 Å². The van der Waals surface area contributed by atoms with Gasteiger partial charge in [0.05, 0.1) is 5.02 Å². The Morgan fingerprint density at radius 3 is 2.88 bits per heavy atom. The van der Waals surface area contributed by atoms with Gasteiger partial charge in [0, 0.05) is 18.5 Å². The lowest BCUT2D eigenvalue weighted by atomic mass is 10.2. The van der Waals surface area contributed by atoms with Crippen LogP contribution in [0.5, 0.6) is 0 Å². The summed E-state index contributed by atoms with van der Waals surface area (Å²) in [6, 6.07) is 3.89. The highest BCUT2D eigenvalue weighted by molar-refractivity contribution is 6.31. The molecule has 0 saturated carbocycles. The monoisotopic (exact) mass is 253 g/mol. The first-order valence-electron chi connectivity index (χ1n) is 5.32. The van der Waals surface area contributed by atoms with Crippen LogP contribution in [0.2, 0.25) is 5.02 Å². The van der Waals surface area contributed by atoms with Crippen molar-refractivity contribution in [3.8, 4) is 12.3 Å². The Morgan fingerprint density at radius 1 is 1.47 bits per heavy atom. The van der Waals surface area contributed by atoms with E-state index >= 15 is 0 Å². The van der Waals surface area contributed by atoms with Gasteiger partial charge in [-0.3, -0.25) is 4.79 Å². The summed E-state index contributed by atoms with van der Waals surface area (Å²) in [6.07, 6.45) is 7.51. The molecule has 0 aromatic heterocycles. The minimum absolute atomic E-state index is 0.0509. The van der Waals surface area contributed by atoms with Crippen molar-refractivity contribution >= 4 is 17.5 Å². The first-order valence-corrected chi connectivity index (χ1v) is 5.69. The Morgan fingerprint density at radius 2 is 2.24 bits per heavy atom. The molecule has 0 atom stereocenters. The third-order valence-electron chi connectivity index (χ3n) is 2.22. The molecule has 17 heavy (non-hydrogen) atoms. The van der Waals surface area contributed by atoms with E-state index in [2.05, 4.69) is 11.2 Å². The molecule has 1 amide bonds. The van der Waals surface area contributed by atoms with Crippen LogP contribution >= 0.6 is 11.6 Å². The standard InChI is InChI=1S/C13H13ClFNO/c1-2-3-4-5-8-16-13(17)10-6-7-12(15)11(14)9-10/h1,6-7,9H,3-5,8H2,(H,16,17). The van der Waals surface area contributed by atoms with E-state index in [1.54, 1.807) is 0 Å². The van der Waals surface area contributed by atoms with E-state index in [0.717, 1.165) is 12.8 Å². The van der Waals surface area contributed by atoms with Crippen LogP contribution in [0.25, 0.3) is 0 Å². The van der Waals surface area contributed by atoms with Crippen molar-refractivity contribution in [3.63, 3.8) is 0 Å². The van der Waals surface area contributed by atoms with Crippen LogP contribution in [0.15, 0.2) is 18.2 Å². The van der Waals surface area contributed by atoms with E-state index in [4.69, 9.17) is 18.0 Å². The Balaban J connectivity index is 2.42. The third-order valence-corrected chi connectivity index (χ3v) is 2.50. The Labute approximate surface area is 105 Å². The quantitative estimate of drug-likeness (QED) is 0.634. The molecule has 2 nitrogen and oxygen atoms in total. The van der Waals surface area contributed by atoms with Crippen LogP contribution in [0, 0.1) is 18.2 Å². The van der Waals surface area contributed by atoms with Crippen molar-refractivity contribution in [1.29, 1.82) is 0 Å². The predicted molar refractivity (Wildman–Crippen MR) is 66.4 cm³/mol. The van der Waals surface area contributed by atoms with E-state index in [1.165, 1.54) is 18.2 Å². The highest BCUT2D eigenvalue weighted by Crippen LogP contribution is 2.15. The average Bonchev–Trinajstić information content (AvgIpc) is 2.32. The summed E-state index contributed by atoms with van der Waals surface area (Å²) in [5.41, 5.74) is 0.355. The number of amides is 1. The Kier molecular flexibility index (Phi) is 5.51. The minimum Gasteiger partial charge on any atom is -0.352 e. The molecule has 0 aliphatic rings. The third kappa shape index (κ3) is 4.46. The molecule has 0 radical (unpaired) electrons. The summed E-state index contributed by atoms with van der Waals surface area (Å²) < 4.78 is 12.9. The van der Waals surface area contributed by atoms with E-state index in [-0.39, 0.29) is 10.9 Å². The topological polar surface area (TPSA) is 29.1 Å². The molecule has 0 bridgehead atoms. The summed E-state index contributed by atoms with van der Waals surface area (Å²) in [5, 5.41) is 2.66. The van der Waals surface area contributed by atoms with Gasteiger partial charge < -0.3 is 5.32 Å². The first kappa shape index (κ1) is 13.5. The lowest BCUT2D eigenvalue weighted by Gasteiger charge is -2.05. The van der Waals surface area contributed by atoms with Gasteiger partial charge in [0.2, 0.25) is 0 Å². The fraction of sp³-hybridized carbons (Fsp3) is 0.308. The number of benzene rings is 1. The molecule has 90 valence electrons. The fourth-order valence-electron chi connectivity index (χ4n) is 1.29. The number of carbonyl (C=O) groups is 1. The maximum absolute atomic E-state index is 12.9. The predicted octanol–water partition coefficient (Wildman–Crippen LogP) is 3.01. The molecular weight excluding hydrogens is 241 g/mol. The average molecular weight is 254 g/mol. The summed E-state index contributed by atoms with van der Waals surface area (Å²) in [5.74, 6) is 1.74. The van der Waals surface area contributed by atoms with Crippen molar-refractivity contribution in [2.75, 3.05) is 6.54 Å². The normalized spacial score (nSPS) is 9.71. The molecule has 1 rings (SSSR count). The van der Waals surface area contributed by atoms with Gasteiger partial charge in [-0.1, -0.05) is 11.6 Å². The molecule has 1 N–H and O–H groups in total.